The molecule has 0 aliphatic carbocycles. The number of carbonyl (C=O) groups excluding carboxylic acids is 2. The zero-order chi connectivity index (χ0) is 34.4. The van der Waals surface area contributed by atoms with Crippen LogP contribution in [0.4, 0.5) is 26.1 Å². The van der Waals surface area contributed by atoms with Crippen LogP contribution in [0.2, 0.25) is 0 Å². The molecule has 1 aromatic heterocycles. The van der Waals surface area contributed by atoms with Crippen LogP contribution in [0.25, 0.3) is 0 Å². The minimum Gasteiger partial charge on any atom is -0.465 e. The molecule has 0 spiro atoms. The molecule has 0 aliphatic rings. The summed E-state index contributed by atoms with van der Waals surface area (Å²) in [5.41, 5.74) is 0.672. The largest absolute Gasteiger partial charge is 0.465 e. The van der Waals surface area contributed by atoms with Crippen molar-refractivity contribution in [3.8, 4) is 0 Å². The molecule has 1 atom stereocenters. The van der Waals surface area contributed by atoms with E-state index < -0.39 is 28.9 Å². The Hall–Kier alpha value is -4.30. The molecule has 0 bridgehead atoms. The van der Waals surface area contributed by atoms with Gasteiger partial charge in [-0.25, -0.2) is 14.6 Å². The summed E-state index contributed by atoms with van der Waals surface area (Å²) in [5, 5.41) is 31.6. The number of nitrogens with zero attached hydrogens (tertiary/aromatic N) is 2. The number of thiazole rings is 1. The molecule has 0 aliphatic heterocycles. The Morgan fingerprint density at radius 3 is 1.93 bits per heavy atom. The van der Waals surface area contributed by atoms with Crippen molar-refractivity contribution in [2.24, 2.45) is 5.41 Å². The van der Waals surface area contributed by atoms with Crippen molar-refractivity contribution in [3.05, 3.63) is 64.7 Å². The van der Waals surface area contributed by atoms with Crippen LogP contribution < -0.4 is 21.3 Å². The Labute approximate surface area is 277 Å². The standard InChI is InChI=1S/C32H42N6O6S2/c1-19(39)33-27-35-24(25(46-27)26(40)34-21-14-16-23(45-8)17-15-21)18-11-20-9-12-22(13-10-20)36-32(30(2,3)4,37-28(41)42)38(29(43)44)31(5,6)7/h9-10,12-17,36-37H,11,18H2,1-8H3,(H,34,40)(H,41,42)(H,43,44)(H,33,35,39). The molecule has 3 rings (SSSR count). The van der Waals surface area contributed by atoms with Gasteiger partial charge in [0.05, 0.1) is 5.69 Å². The number of thioether (sulfide) groups is 1. The van der Waals surface area contributed by atoms with Gasteiger partial charge in [-0.3, -0.25) is 19.8 Å². The molecule has 0 radical (unpaired) electrons. The van der Waals surface area contributed by atoms with E-state index in [-0.39, 0.29) is 11.8 Å². The Morgan fingerprint density at radius 1 is 0.870 bits per heavy atom. The first-order valence-electron chi connectivity index (χ1n) is 14.5. The number of carboxylic acid groups (broad SMARTS) is 2. The number of hydrogen-bond acceptors (Lipinski definition) is 8. The highest BCUT2D eigenvalue weighted by molar-refractivity contribution is 7.98. The number of carbonyl (C=O) groups is 4. The second-order valence-electron chi connectivity index (χ2n) is 12.7. The number of aryl methyl sites for hydroxylation is 2. The van der Waals surface area contributed by atoms with Crippen molar-refractivity contribution in [1.29, 1.82) is 0 Å². The highest BCUT2D eigenvalue weighted by Gasteiger charge is 2.54. The summed E-state index contributed by atoms with van der Waals surface area (Å²) in [4.78, 5) is 56.6. The zero-order valence-corrected chi connectivity index (χ0v) is 28.9. The van der Waals surface area contributed by atoms with Crippen molar-refractivity contribution in [1.82, 2.24) is 15.2 Å². The molecule has 0 fully saturated rings. The number of nitrogens with one attached hydrogen (secondary N) is 4. The van der Waals surface area contributed by atoms with E-state index in [0.29, 0.717) is 39.9 Å². The maximum Gasteiger partial charge on any atom is 0.411 e. The topological polar surface area (TPSA) is 173 Å². The summed E-state index contributed by atoms with van der Waals surface area (Å²) in [6, 6.07) is 14.7. The zero-order valence-electron chi connectivity index (χ0n) is 27.3. The summed E-state index contributed by atoms with van der Waals surface area (Å²) in [6.45, 7) is 11.7. The van der Waals surface area contributed by atoms with Crippen LogP contribution >= 0.6 is 23.1 Å². The Kier molecular flexibility index (Phi) is 11.3. The lowest BCUT2D eigenvalue weighted by molar-refractivity contribution is -0.114. The molecule has 1 unspecified atom stereocenters. The molecule has 248 valence electrons. The average molecular weight is 671 g/mol. The molecule has 46 heavy (non-hydrogen) atoms. The molecular formula is C32H42N6O6S2. The van der Waals surface area contributed by atoms with E-state index in [2.05, 4.69) is 26.3 Å². The second-order valence-corrected chi connectivity index (χ2v) is 14.5. The number of rotatable bonds is 11. The number of benzene rings is 2. The SMILES string of the molecule is CSc1ccc(NC(=O)c2sc(NC(C)=O)nc2CCc2ccc(NC(NC(=O)O)(N(C(=O)O)C(C)(C)C)C(C)(C)C)cc2)cc1. The predicted octanol–water partition coefficient (Wildman–Crippen LogP) is 7.02. The fraction of sp³-hybridized carbons (Fsp3) is 0.406. The first-order valence-corrected chi connectivity index (χ1v) is 16.5. The molecule has 12 nitrogen and oxygen atoms in total. The van der Waals surface area contributed by atoms with Crippen LogP contribution in [-0.2, 0) is 17.6 Å². The first-order chi connectivity index (χ1) is 21.4. The number of aromatic nitrogens is 1. The number of anilines is 3. The van der Waals surface area contributed by atoms with Gasteiger partial charge in [0.2, 0.25) is 11.7 Å². The van der Waals surface area contributed by atoms with Crippen molar-refractivity contribution in [2.45, 2.75) is 77.5 Å². The highest BCUT2D eigenvalue weighted by atomic mass is 32.2. The van der Waals surface area contributed by atoms with Crippen LogP contribution in [0, 0.1) is 5.41 Å². The van der Waals surface area contributed by atoms with E-state index in [1.807, 2.05) is 42.7 Å². The van der Waals surface area contributed by atoms with E-state index in [1.54, 1.807) is 65.4 Å². The van der Waals surface area contributed by atoms with E-state index in [4.69, 9.17) is 0 Å². The molecule has 6 N–H and O–H groups in total. The third-order valence-corrected chi connectivity index (χ3v) is 8.79. The molecular weight excluding hydrogens is 629 g/mol. The van der Waals surface area contributed by atoms with E-state index in [9.17, 15) is 29.4 Å². The lowest BCUT2D eigenvalue weighted by Gasteiger charge is -2.55. The molecule has 1 heterocycles. The fourth-order valence-corrected chi connectivity index (χ4v) is 6.29. The Balaban J connectivity index is 1.87. The third-order valence-electron chi connectivity index (χ3n) is 7.03. The smallest absolute Gasteiger partial charge is 0.411 e. The molecule has 2 aromatic carbocycles. The summed E-state index contributed by atoms with van der Waals surface area (Å²) >= 11 is 2.71. The summed E-state index contributed by atoms with van der Waals surface area (Å²) in [6.07, 6.45) is 0.209. The van der Waals surface area contributed by atoms with Crippen molar-refractivity contribution in [2.75, 3.05) is 22.2 Å². The lowest BCUT2D eigenvalue weighted by Crippen LogP contribution is -2.76. The third kappa shape index (κ3) is 8.91. The minimum absolute atomic E-state index is 0.292. The number of hydrogen-bond donors (Lipinski definition) is 6. The van der Waals surface area contributed by atoms with Gasteiger partial charge in [0.25, 0.3) is 5.91 Å². The molecule has 0 saturated heterocycles. The van der Waals surface area contributed by atoms with Crippen molar-refractivity contribution >= 4 is 63.6 Å². The highest BCUT2D eigenvalue weighted by Crippen LogP contribution is 2.39. The van der Waals surface area contributed by atoms with Gasteiger partial charge < -0.3 is 26.2 Å². The minimum atomic E-state index is -1.73. The van der Waals surface area contributed by atoms with Crippen LogP contribution in [-0.4, -0.2) is 61.7 Å². The van der Waals surface area contributed by atoms with Gasteiger partial charge in [-0.1, -0.05) is 44.2 Å². The van der Waals surface area contributed by atoms with Gasteiger partial charge in [0.1, 0.15) is 4.88 Å². The average Bonchev–Trinajstić information content (AvgIpc) is 3.33. The van der Waals surface area contributed by atoms with E-state index in [1.165, 1.54) is 6.92 Å². The molecule has 0 saturated carbocycles. The quantitative estimate of drug-likeness (QED) is 0.0926. The summed E-state index contributed by atoms with van der Waals surface area (Å²) in [7, 11) is 0. The van der Waals surface area contributed by atoms with Crippen LogP contribution in [0.15, 0.2) is 53.4 Å². The van der Waals surface area contributed by atoms with Gasteiger partial charge in [-0.2, -0.15) is 0 Å². The van der Waals surface area contributed by atoms with Gasteiger partial charge in [-0.05, 0) is 81.8 Å². The Morgan fingerprint density at radius 2 is 1.46 bits per heavy atom. The van der Waals surface area contributed by atoms with Crippen LogP contribution in [0.3, 0.4) is 0 Å². The first kappa shape index (κ1) is 36.2. The van der Waals surface area contributed by atoms with Crippen LogP contribution in [0.1, 0.15) is 69.4 Å². The monoisotopic (exact) mass is 670 g/mol. The lowest BCUT2D eigenvalue weighted by atomic mass is 9.82. The summed E-state index contributed by atoms with van der Waals surface area (Å²) in [5.74, 6) is -2.35. The predicted molar refractivity (Wildman–Crippen MR) is 183 cm³/mol. The van der Waals surface area contributed by atoms with Gasteiger partial charge in [-0.15, -0.1) is 11.8 Å². The second kappa shape index (κ2) is 14.4. The molecule has 3 aromatic rings. The maximum atomic E-state index is 13.2. The normalized spacial score (nSPS) is 12.9. The van der Waals surface area contributed by atoms with E-state index >= 15 is 0 Å². The molecule has 14 heteroatoms. The fourth-order valence-electron chi connectivity index (χ4n) is 4.93. The maximum absolute atomic E-state index is 13.2. The van der Waals surface area contributed by atoms with Gasteiger partial charge in [0, 0.05) is 34.1 Å². The number of amides is 4. The van der Waals surface area contributed by atoms with Crippen molar-refractivity contribution < 1.29 is 29.4 Å². The summed E-state index contributed by atoms with van der Waals surface area (Å²) < 4.78 is 0. The van der Waals surface area contributed by atoms with Crippen molar-refractivity contribution in [3.63, 3.8) is 0 Å². The van der Waals surface area contributed by atoms with E-state index in [0.717, 1.165) is 26.7 Å². The van der Waals surface area contributed by atoms with Gasteiger partial charge in [0.15, 0.2) is 5.13 Å². The Bertz CT molecular complexity index is 1560. The molecule has 4 amide bonds. The van der Waals surface area contributed by atoms with Gasteiger partial charge >= 0.3 is 12.2 Å². The van der Waals surface area contributed by atoms with Crippen LogP contribution in [0.5, 0.6) is 0 Å².